The minimum atomic E-state index is -3.20. The van der Waals surface area contributed by atoms with Gasteiger partial charge in [0.05, 0.1) is 18.1 Å². The summed E-state index contributed by atoms with van der Waals surface area (Å²) in [5.41, 5.74) is 1.51. The molecule has 2 heterocycles. The van der Waals surface area contributed by atoms with Crippen LogP contribution in [-0.2, 0) is 10.0 Å². The van der Waals surface area contributed by atoms with Crippen LogP contribution in [0.1, 0.15) is 0 Å². The molecule has 0 radical (unpaired) electrons. The third-order valence-electron chi connectivity index (χ3n) is 1.57. The average molecular weight is 185 g/mol. The Morgan fingerprint density at radius 3 is 2.83 bits per heavy atom. The topological polar surface area (TPSA) is 67.8 Å². The molecule has 6 heteroatoms. The van der Waals surface area contributed by atoms with E-state index in [4.69, 9.17) is 0 Å². The lowest BCUT2D eigenvalue weighted by Crippen LogP contribution is -2.09. The molecule has 0 unspecified atom stereocenters. The Bertz CT molecular complexity index is 441. The molecule has 0 atom stereocenters. The van der Waals surface area contributed by atoms with Gasteiger partial charge >= 0.3 is 0 Å². The number of rotatable bonds is 1. The normalized spacial score (nSPS) is 12.4. The Hall–Kier alpha value is -1.30. The van der Waals surface area contributed by atoms with Gasteiger partial charge in [0, 0.05) is 18.0 Å². The molecular formula is C6H7N3O2S. The van der Waals surface area contributed by atoms with Crippen LogP contribution in [-0.4, -0.2) is 28.8 Å². The number of aromatic amines is 1. The van der Waals surface area contributed by atoms with E-state index >= 15 is 0 Å². The summed E-state index contributed by atoms with van der Waals surface area (Å²) in [5, 5.41) is 2.68. The van der Waals surface area contributed by atoms with Gasteiger partial charge in [-0.1, -0.05) is 0 Å². The van der Waals surface area contributed by atoms with Crippen molar-refractivity contribution < 1.29 is 8.42 Å². The Morgan fingerprint density at radius 2 is 2.25 bits per heavy atom. The predicted molar refractivity (Wildman–Crippen MR) is 43.4 cm³/mol. The van der Waals surface area contributed by atoms with E-state index in [1.165, 1.54) is 6.20 Å². The Balaban J connectivity index is 2.68. The number of H-pyrrole nitrogens is 1. The van der Waals surface area contributed by atoms with Gasteiger partial charge in [0.2, 0.25) is 10.0 Å². The van der Waals surface area contributed by atoms with E-state index < -0.39 is 10.0 Å². The van der Waals surface area contributed by atoms with Crippen molar-refractivity contribution in [2.24, 2.45) is 0 Å². The lowest BCUT2D eigenvalue weighted by molar-refractivity contribution is 0.586. The first-order valence-electron chi connectivity index (χ1n) is 3.29. The Morgan fingerprint density at radius 1 is 1.50 bits per heavy atom. The molecule has 64 valence electrons. The van der Waals surface area contributed by atoms with E-state index in [1.54, 1.807) is 12.4 Å². The summed E-state index contributed by atoms with van der Waals surface area (Å²) in [5.74, 6) is 0. The maximum Gasteiger partial charge on any atom is 0.249 e. The van der Waals surface area contributed by atoms with Gasteiger partial charge in [0.1, 0.15) is 0 Å². The molecule has 0 fully saturated rings. The summed E-state index contributed by atoms with van der Waals surface area (Å²) >= 11 is 0. The smallest absolute Gasteiger partial charge is 0.249 e. The van der Waals surface area contributed by atoms with Crippen molar-refractivity contribution >= 4 is 10.0 Å². The lowest BCUT2D eigenvalue weighted by atomic mass is 10.3. The molecule has 2 aliphatic heterocycles. The largest absolute Gasteiger partial charge is 0.283 e. The van der Waals surface area contributed by atoms with Crippen molar-refractivity contribution in [3.8, 4) is 11.3 Å². The van der Waals surface area contributed by atoms with Crippen molar-refractivity contribution in [1.82, 2.24) is 14.2 Å². The molecule has 2 rings (SSSR count). The number of aromatic nitrogens is 3. The minimum absolute atomic E-state index is 0.723. The van der Waals surface area contributed by atoms with Gasteiger partial charge < -0.3 is 0 Å². The van der Waals surface area contributed by atoms with Gasteiger partial charge in [-0.2, -0.15) is 4.09 Å². The number of nitrogens with zero attached hydrogens (tertiary/aromatic N) is 2. The van der Waals surface area contributed by atoms with Gasteiger partial charge in [-0.05, 0) is 0 Å². The van der Waals surface area contributed by atoms with Crippen LogP contribution in [0.4, 0.5) is 0 Å². The first kappa shape index (κ1) is 7.35. The Labute approximate surface area is 69.4 Å². The molecule has 5 nitrogen and oxygen atoms in total. The summed E-state index contributed by atoms with van der Waals surface area (Å²) in [7, 11) is -3.20. The Kier molecular flexibility index (Phi) is 1.29. The number of hydrogen-bond acceptors (Lipinski definition) is 3. The summed E-state index contributed by atoms with van der Waals surface area (Å²) in [4.78, 5) is 3.85. The molecule has 0 aromatic heterocycles. The molecule has 0 aromatic rings. The van der Waals surface area contributed by atoms with Crippen LogP contribution in [0.5, 0.6) is 0 Å². The number of nitrogens with one attached hydrogen (secondary N) is 1. The van der Waals surface area contributed by atoms with E-state index in [1.807, 2.05) is 0 Å². The van der Waals surface area contributed by atoms with Crippen molar-refractivity contribution in [3.63, 3.8) is 0 Å². The van der Waals surface area contributed by atoms with E-state index in [-0.39, 0.29) is 0 Å². The maximum absolute atomic E-state index is 11.0. The van der Waals surface area contributed by atoms with Crippen LogP contribution in [0.15, 0.2) is 18.6 Å². The van der Waals surface area contributed by atoms with Gasteiger partial charge in [-0.25, -0.2) is 8.42 Å². The maximum atomic E-state index is 11.0. The molecule has 0 aliphatic carbocycles. The highest BCUT2D eigenvalue weighted by Crippen LogP contribution is 2.18. The summed E-state index contributed by atoms with van der Waals surface area (Å²) < 4.78 is 23.1. The van der Waals surface area contributed by atoms with Gasteiger partial charge in [0.25, 0.3) is 0 Å². The summed E-state index contributed by atoms with van der Waals surface area (Å²) in [6.07, 6.45) is 5.82. The fourth-order valence-electron chi connectivity index (χ4n) is 0.988. The molecule has 12 heavy (non-hydrogen) atoms. The van der Waals surface area contributed by atoms with Crippen LogP contribution in [0.25, 0.3) is 11.3 Å². The van der Waals surface area contributed by atoms with E-state index in [0.29, 0.717) is 0 Å². The average Bonchev–Trinajstić information content (AvgIpc) is 2.37. The second-order valence-corrected chi connectivity index (χ2v) is 4.44. The van der Waals surface area contributed by atoms with Crippen molar-refractivity contribution in [1.29, 1.82) is 0 Å². The fraction of sp³-hybridized carbons (Fsp3) is 0.167. The standard InChI is InChI=1S/C6H7N3O2S/c1-12(10,11)9-4-5-2-7-3-6(5)8-9/h2-4,8H,1H3. The van der Waals surface area contributed by atoms with Crippen LogP contribution in [0.2, 0.25) is 0 Å². The fourth-order valence-corrected chi connectivity index (χ4v) is 1.56. The van der Waals surface area contributed by atoms with E-state index in [2.05, 4.69) is 10.1 Å². The predicted octanol–water partition coefficient (Wildman–Crippen LogP) is 0.124. The van der Waals surface area contributed by atoms with Gasteiger partial charge in [0.15, 0.2) is 0 Å². The molecule has 0 saturated heterocycles. The zero-order valence-corrected chi connectivity index (χ0v) is 7.17. The van der Waals surface area contributed by atoms with Crippen LogP contribution in [0.3, 0.4) is 0 Å². The highest BCUT2D eigenvalue weighted by molar-refractivity contribution is 7.89. The number of fused-ring (bicyclic) bond motifs is 1. The van der Waals surface area contributed by atoms with Crippen molar-refractivity contribution in [3.05, 3.63) is 18.6 Å². The minimum Gasteiger partial charge on any atom is -0.283 e. The molecule has 0 bridgehead atoms. The molecular weight excluding hydrogens is 178 g/mol. The third-order valence-corrected chi connectivity index (χ3v) is 2.48. The van der Waals surface area contributed by atoms with Crippen LogP contribution in [0, 0.1) is 0 Å². The van der Waals surface area contributed by atoms with Gasteiger partial charge in [-0.15, -0.1) is 0 Å². The zero-order valence-electron chi connectivity index (χ0n) is 6.35. The van der Waals surface area contributed by atoms with E-state index in [9.17, 15) is 8.42 Å². The van der Waals surface area contributed by atoms with Crippen molar-refractivity contribution in [2.75, 3.05) is 6.26 Å². The molecule has 0 spiro atoms. The molecule has 0 saturated carbocycles. The quantitative estimate of drug-likeness (QED) is 0.686. The highest BCUT2D eigenvalue weighted by Gasteiger charge is 2.11. The monoisotopic (exact) mass is 185 g/mol. The second kappa shape index (κ2) is 2.10. The van der Waals surface area contributed by atoms with Crippen LogP contribution < -0.4 is 0 Å². The first-order chi connectivity index (χ1) is 5.57. The van der Waals surface area contributed by atoms with E-state index in [0.717, 1.165) is 21.6 Å². The number of hydrogen-bond donors (Lipinski definition) is 1. The third kappa shape index (κ3) is 1.00. The molecule has 0 aromatic carbocycles. The van der Waals surface area contributed by atoms with Crippen LogP contribution >= 0.6 is 0 Å². The first-order valence-corrected chi connectivity index (χ1v) is 5.14. The SMILES string of the molecule is CS(=O)(=O)n1cc2cncc-2[nH]1. The zero-order chi connectivity index (χ0) is 8.77. The summed E-state index contributed by atoms with van der Waals surface area (Å²) in [6.45, 7) is 0. The molecule has 1 N–H and O–H groups in total. The highest BCUT2D eigenvalue weighted by atomic mass is 32.2. The lowest BCUT2D eigenvalue weighted by Gasteiger charge is -1.95. The molecule has 0 amide bonds. The summed E-state index contributed by atoms with van der Waals surface area (Å²) in [6, 6.07) is 0. The second-order valence-electron chi connectivity index (χ2n) is 2.58. The molecule has 2 aliphatic rings. The van der Waals surface area contributed by atoms with Gasteiger partial charge in [-0.3, -0.25) is 10.1 Å². The van der Waals surface area contributed by atoms with Crippen molar-refractivity contribution in [2.45, 2.75) is 0 Å².